The third kappa shape index (κ3) is 5.54. The maximum atomic E-state index is 15.7. The van der Waals surface area contributed by atoms with Crippen molar-refractivity contribution in [2.24, 2.45) is 5.92 Å². The summed E-state index contributed by atoms with van der Waals surface area (Å²) in [7, 11) is 5.76. The van der Waals surface area contributed by atoms with E-state index in [1.807, 2.05) is 4.57 Å². The number of carbonyl (C=O) groups excluding carboxylic acids is 1. The number of nitrogens with zero attached hydrogens (tertiary/aromatic N) is 2. The predicted molar refractivity (Wildman–Crippen MR) is 132 cm³/mol. The molecule has 3 N–H and O–H groups in total. The molecule has 1 heterocycles. The molecule has 3 aromatic rings. The summed E-state index contributed by atoms with van der Waals surface area (Å²) in [5.74, 6) is -0.684. The van der Waals surface area contributed by atoms with Crippen LogP contribution in [0, 0.1) is 11.7 Å². The van der Waals surface area contributed by atoms with Crippen LogP contribution in [-0.2, 0) is 11.4 Å². The Kier molecular flexibility index (Phi) is 8.08. The first kappa shape index (κ1) is 24.5. The second kappa shape index (κ2) is 11.2. The molecule has 1 aliphatic rings. The molecule has 178 valence electrons. The van der Waals surface area contributed by atoms with E-state index in [1.54, 1.807) is 24.5 Å². The van der Waals surface area contributed by atoms with E-state index in [9.17, 15) is 4.79 Å². The number of fused-ring (bicyclic) bond motifs is 1. The van der Waals surface area contributed by atoms with Gasteiger partial charge in [-0.1, -0.05) is 55.2 Å². The molecule has 0 unspecified atom stereocenters. The number of amides is 1. The average molecular weight is 485 g/mol. The molecule has 2 aromatic carbocycles. The molecule has 7 nitrogen and oxygen atoms in total. The largest absolute Gasteiger partial charge is 0.394 e. The topological polar surface area (TPSA) is 88.4 Å². The highest BCUT2D eigenvalue weighted by molar-refractivity contribution is 6.37. The number of nitrogens with one attached hydrogen (secondary N) is 2. The molecule has 0 spiro atoms. The van der Waals surface area contributed by atoms with E-state index < -0.39 is 11.7 Å². The highest BCUT2D eigenvalue weighted by Crippen LogP contribution is 2.34. The van der Waals surface area contributed by atoms with Crippen LogP contribution in [0.5, 0.6) is 0 Å². The summed E-state index contributed by atoms with van der Waals surface area (Å²) in [4.78, 5) is 22.2. The Balaban J connectivity index is 1.69. The van der Waals surface area contributed by atoms with E-state index in [1.165, 1.54) is 38.2 Å². The molecule has 4 rings (SSSR count). The van der Waals surface area contributed by atoms with Gasteiger partial charge < -0.3 is 15.0 Å². The van der Waals surface area contributed by atoms with Crippen LogP contribution in [0.1, 0.15) is 48.9 Å². The molecule has 10 heteroatoms. The average Bonchev–Trinajstić information content (AvgIpc) is 3.24. The van der Waals surface area contributed by atoms with E-state index >= 15 is 4.39 Å². The summed E-state index contributed by atoms with van der Waals surface area (Å²) >= 11 is 6.27. The maximum Gasteiger partial charge on any atom is 0.277 e. The number of hydroxylamine groups is 1. The lowest BCUT2D eigenvalue weighted by Crippen LogP contribution is -2.26. The minimum absolute atomic E-state index is 0.0234. The molecule has 0 saturated heterocycles. The Morgan fingerprint density at radius 1 is 1.29 bits per heavy atom. The number of rotatable bonds is 9. The van der Waals surface area contributed by atoms with Crippen molar-refractivity contribution in [2.75, 3.05) is 18.5 Å². The number of aliphatic hydroxyl groups excluding tert-OH is 1. The highest BCUT2D eigenvalue weighted by Gasteiger charge is 2.23. The highest BCUT2D eigenvalue weighted by atomic mass is 35.5. The van der Waals surface area contributed by atoms with Crippen LogP contribution in [0.4, 0.5) is 15.8 Å². The first-order valence-electron chi connectivity index (χ1n) is 11.5. The fourth-order valence-electron chi connectivity index (χ4n) is 4.42. The van der Waals surface area contributed by atoms with Crippen molar-refractivity contribution in [3.63, 3.8) is 0 Å². The Morgan fingerprint density at radius 2 is 2.09 bits per heavy atom. The molecular formula is C24H27BClFN4O3. The Bertz CT molecular complexity index is 1170. The minimum Gasteiger partial charge on any atom is -0.394 e. The zero-order chi connectivity index (χ0) is 24.1. The lowest BCUT2D eigenvalue weighted by Gasteiger charge is -2.21. The molecule has 1 aliphatic carbocycles. The number of aliphatic hydroxyl groups is 1. The van der Waals surface area contributed by atoms with Gasteiger partial charge in [-0.25, -0.2) is 14.9 Å². The van der Waals surface area contributed by atoms with E-state index in [-0.39, 0.29) is 35.0 Å². The summed E-state index contributed by atoms with van der Waals surface area (Å²) in [6, 6.07) is 6.35. The quantitative estimate of drug-likeness (QED) is 0.243. The molecule has 0 atom stereocenters. The number of halogens is 2. The lowest BCUT2D eigenvalue weighted by atomic mass is 9.87. The first-order chi connectivity index (χ1) is 16.5. The summed E-state index contributed by atoms with van der Waals surface area (Å²) in [6.07, 6.45) is 8.83. The molecule has 34 heavy (non-hydrogen) atoms. The number of hydrogen-bond donors (Lipinski definition) is 3. The van der Waals surface area contributed by atoms with Crippen molar-refractivity contribution in [1.29, 1.82) is 0 Å². The number of benzene rings is 2. The normalized spacial score (nSPS) is 14.4. The van der Waals surface area contributed by atoms with Crippen molar-refractivity contribution in [3.8, 4) is 0 Å². The van der Waals surface area contributed by atoms with Crippen molar-refractivity contribution < 1.29 is 19.1 Å². The predicted octanol–water partition coefficient (Wildman–Crippen LogP) is 3.99. The zero-order valence-corrected chi connectivity index (χ0v) is 19.6. The fraction of sp³-hybridized carbons (Fsp3) is 0.417. The van der Waals surface area contributed by atoms with Crippen LogP contribution in [-0.4, -0.2) is 41.6 Å². The molecule has 2 radical (unpaired) electrons. The summed E-state index contributed by atoms with van der Waals surface area (Å²) < 4.78 is 17.6. The third-order valence-corrected chi connectivity index (χ3v) is 6.53. The number of anilines is 2. The molecule has 1 amide bonds. The lowest BCUT2D eigenvalue weighted by molar-refractivity contribution is 0.0169. The van der Waals surface area contributed by atoms with Gasteiger partial charge in [0.1, 0.15) is 13.4 Å². The molecule has 1 fully saturated rings. The maximum absolute atomic E-state index is 15.7. The van der Waals surface area contributed by atoms with Gasteiger partial charge in [0.2, 0.25) is 0 Å². The molecule has 1 aromatic heterocycles. The SMILES string of the molecule is [B]c1ccc(Nc2c(C(=O)NOCCO)cc3c(ncn3CCC3CCCCC3)c2F)c(Cl)c1. The second-order valence-electron chi connectivity index (χ2n) is 8.58. The summed E-state index contributed by atoms with van der Waals surface area (Å²) in [5.41, 5.74) is 3.71. The standard InChI is InChI=1S/C24H27BClFN4O3/c25-16-6-7-19(18(26)12-16)29-22-17(24(33)30-34-11-10-32)13-20-23(21(22)27)28-14-31(20)9-8-15-4-2-1-3-5-15/h6-7,12-15,29,32H,1-5,8-11H2,(H,30,33). The van der Waals surface area contributed by atoms with Gasteiger partial charge in [-0.15, -0.1) is 0 Å². The Labute approximate surface area is 204 Å². The minimum atomic E-state index is -0.672. The second-order valence-corrected chi connectivity index (χ2v) is 8.99. The van der Waals surface area contributed by atoms with Gasteiger partial charge in [-0.05, 0) is 30.5 Å². The van der Waals surface area contributed by atoms with Gasteiger partial charge in [-0.3, -0.25) is 9.63 Å². The summed E-state index contributed by atoms with van der Waals surface area (Å²) in [6.45, 7) is 0.329. The number of hydrogen-bond acceptors (Lipinski definition) is 5. The van der Waals surface area contributed by atoms with Crippen LogP contribution >= 0.6 is 11.6 Å². The Hall–Kier alpha value is -2.62. The number of aryl methyl sites for hydroxylation is 1. The van der Waals surface area contributed by atoms with Crippen LogP contribution in [0.3, 0.4) is 0 Å². The van der Waals surface area contributed by atoms with Gasteiger partial charge >= 0.3 is 0 Å². The van der Waals surface area contributed by atoms with Crippen molar-refractivity contribution >= 4 is 53.2 Å². The Morgan fingerprint density at radius 3 is 2.82 bits per heavy atom. The van der Waals surface area contributed by atoms with Crippen molar-refractivity contribution in [2.45, 2.75) is 45.1 Å². The zero-order valence-electron chi connectivity index (χ0n) is 18.8. The van der Waals surface area contributed by atoms with Gasteiger partial charge in [-0.2, -0.15) is 0 Å². The number of aromatic nitrogens is 2. The van der Waals surface area contributed by atoms with Gasteiger partial charge in [0, 0.05) is 6.54 Å². The summed E-state index contributed by atoms with van der Waals surface area (Å²) in [5, 5.41) is 12.1. The van der Waals surface area contributed by atoms with Crippen LogP contribution in [0.2, 0.25) is 5.02 Å². The third-order valence-electron chi connectivity index (χ3n) is 6.21. The van der Waals surface area contributed by atoms with Crippen molar-refractivity contribution in [1.82, 2.24) is 15.0 Å². The van der Waals surface area contributed by atoms with E-state index in [4.69, 9.17) is 29.4 Å². The van der Waals surface area contributed by atoms with Crippen molar-refractivity contribution in [3.05, 3.63) is 47.0 Å². The van der Waals surface area contributed by atoms with Gasteiger partial charge in [0.25, 0.3) is 5.91 Å². The smallest absolute Gasteiger partial charge is 0.277 e. The fourth-order valence-corrected chi connectivity index (χ4v) is 4.66. The van der Waals surface area contributed by atoms with Gasteiger partial charge in [0.15, 0.2) is 5.82 Å². The number of imidazole rings is 1. The molecular weight excluding hydrogens is 458 g/mol. The molecule has 1 saturated carbocycles. The first-order valence-corrected chi connectivity index (χ1v) is 11.9. The van der Waals surface area contributed by atoms with Gasteiger partial charge in [0.05, 0.1) is 47.0 Å². The monoisotopic (exact) mass is 484 g/mol. The van der Waals surface area contributed by atoms with Crippen LogP contribution in [0.25, 0.3) is 11.0 Å². The van der Waals surface area contributed by atoms with E-state index in [0.717, 1.165) is 6.42 Å². The molecule has 0 bridgehead atoms. The number of carbonyl (C=O) groups is 1. The van der Waals surface area contributed by atoms with Crippen LogP contribution in [0.15, 0.2) is 30.6 Å². The molecule has 0 aliphatic heterocycles. The van der Waals surface area contributed by atoms with E-state index in [2.05, 4.69) is 15.8 Å². The van der Waals surface area contributed by atoms with E-state index in [0.29, 0.717) is 29.1 Å². The van der Waals surface area contributed by atoms with Crippen LogP contribution < -0.4 is 16.3 Å².